The minimum absolute atomic E-state index is 0.307. The predicted molar refractivity (Wildman–Crippen MR) is 60.4 cm³/mol. The summed E-state index contributed by atoms with van der Waals surface area (Å²) in [5, 5.41) is 10.2. The van der Waals surface area contributed by atoms with Gasteiger partial charge in [0.25, 0.3) is 0 Å². The maximum atomic E-state index is 10.2. The van der Waals surface area contributed by atoms with Gasteiger partial charge in [0, 0.05) is 6.61 Å². The molecule has 2 unspecified atom stereocenters. The molecular formula is C12H26O2. The van der Waals surface area contributed by atoms with Gasteiger partial charge in [-0.3, -0.25) is 0 Å². The molecule has 0 aromatic heterocycles. The first kappa shape index (κ1) is 13.9. The van der Waals surface area contributed by atoms with Crippen LogP contribution < -0.4 is 0 Å². The zero-order valence-electron chi connectivity index (χ0n) is 10.3. The highest BCUT2D eigenvalue weighted by molar-refractivity contribution is 4.88. The SMILES string of the molecule is CCOC(CC)(CC)C(O)C(C)CC. The molecule has 2 heteroatoms. The van der Waals surface area contributed by atoms with Crippen molar-refractivity contribution in [1.82, 2.24) is 0 Å². The lowest BCUT2D eigenvalue weighted by Gasteiger charge is -2.39. The van der Waals surface area contributed by atoms with E-state index in [4.69, 9.17) is 4.74 Å². The van der Waals surface area contributed by atoms with Gasteiger partial charge in [-0.05, 0) is 25.7 Å². The molecule has 0 fully saturated rings. The van der Waals surface area contributed by atoms with Crippen LogP contribution in [-0.4, -0.2) is 23.4 Å². The number of ether oxygens (including phenoxy) is 1. The topological polar surface area (TPSA) is 29.5 Å². The Morgan fingerprint density at radius 1 is 1.14 bits per heavy atom. The molecule has 0 saturated carbocycles. The van der Waals surface area contributed by atoms with Crippen molar-refractivity contribution in [3.8, 4) is 0 Å². The molecule has 0 amide bonds. The first-order valence-corrected chi connectivity index (χ1v) is 5.89. The van der Waals surface area contributed by atoms with Crippen LogP contribution in [0.3, 0.4) is 0 Å². The van der Waals surface area contributed by atoms with Crippen LogP contribution in [0.25, 0.3) is 0 Å². The second-order valence-corrected chi connectivity index (χ2v) is 4.04. The van der Waals surface area contributed by atoms with Crippen LogP contribution in [0.5, 0.6) is 0 Å². The third kappa shape index (κ3) is 2.96. The van der Waals surface area contributed by atoms with Crippen molar-refractivity contribution in [3.63, 3.8) is 0 Å². The van der Waals surface area contributed by atoms with E-state index in [1.165, 1.54) is 0 Å². The van der Waals surface area contributed by atoms with E-state index in [9.17, 15) is 5.11 Å². The molecule has 0 aliphatic carbocycles. The molecule has 0 aliphatic rings. The standard InChI is InChI=1S/C12H26O2/c1-6-10(5)11(13)12(7-2,8-3)14-9-4/h10-11,13H,6-9H2,1-5H3. The molecule has 0 aromatic rings. The summed E-state index contributed by atoms with van der Waals surface area (Å²) in [7, 11) is 0. The third-order valence-electron chi connectivity index (χ3n) is 3.35. The monoisotopic (exact) mass is 202 g/mol. The second kappa shape index (κ2) is 6.41. The van der Waals surface area contributed by atoms with Gasteiger partial charge >= 0.3 is 0 Å². The van der Waals surface area contributed by atoms with Crippen molar-refractivity contribution in [2.45, 2.75) is 65.6 Å². The van der Waals surface area contributed by atoms with Gasteiger partial charge in [0.15, 0.2) is 0 Å². The Kier molecular flexibility index (Phi) is 6.38. The van der Waals surface area contributed by atoms with Gasteiger partial charge < -0.3 is 9.84 Å². The lowest BCUT2D eigenvalue weighted by Crippen LogP contribution is -2.47. The minimum Gasteiger partial charge on any atom is -0.390 e. The molecular weight excluding hydrogens is 176 g/mol. The maximum Gasteiger partial charge on any atom is 0.0937 e. The van der Waals surface area contributed by atoms with E-state index < -0.39 is 0 Å². The molecule has 0 saturated heterocycles. The number of rotatable bonds is 7. The average molecular weight is 202 g/mol. The van der Waals surface area contributed by atoms with Crippen LogP contribution in [0.2, 0.25) is 0 Å². The van der Waals surface area contributed by atoms with E-state index in [0.29, 0.717) is 12.5 Å². The maximum absolute atomic E-state index is 10.2. The fourth-order valence-corrected chi connectivity index (χ4v) is 1.99. The Morgan fingerprint density at radius 3 is 1.93 bits per heavy atom. The molecule has 0 bridgehead atoms. The Labute approximate surface area is 88.7 Å². The van der Waals surface area contributed by atoms with Crippen molar-refractivity contribution < 1.29 is 9.84 Å². The molecule has 0 rings (SSSR count). The Hall–Kier alpha value is -0.0800. The molecule has 0 aromatic carbocycles. The summed E-state index contributed by atoms with van der Waals surface area (Å²) >= 11 is 0. The van der Waals surface area contributed by atoms with Gasteiger partial charge in [-0.1, -0.05) is 34.1 Å². The predicted octanol–water partition coefficient (Wildman–Crippen LogP) is 2.99. The zero-order chi connectivity index (χ0) is 11.2. The summed E-state index contributed by atoms with van der Waals surface area (Å²) in [6.07, 6.45) is 2.41. The van der Waals surface area contributed by atoms with E-state index in [0.717, 1.165) is 19.3 Å². The van der Waals surface area contributed by atoms with E-state index >= 15 is 0 Å². The van der Waals surface area contributed by atoms with Gasteiger partial charge in [-0.2, -0.15) is 0 Å². The van der Waals surface area contributed by atoms with Crippen LogP contribution in [0.4, 0.5) is 0 Å². The zero-order valence-corrected chi connectivity index (χ0v) is 10.3. The molecule has 0 spiro atoms. The van der Waals surface area contributed by atoms with Crippen molar-refractivity contribution in [2.24, 2.45) is 5.92 Å². The summed E-state index contributed by atoms with van der Waals surface area (Å²) in [5.41, 5.74) is -0.329. The molecule has 2 atom stereocenters. The van der Waals surface area contributed by atoms with Gasteiger partial charge in [0.1, 0.15) is 0 Å². The minimum atomic E-state index is -0.345. The van der Waals surface area contributed by atoms with Gasteiger partial charge in [-0.15, -0.1) is 0 Å². The Bertz CT molecular complexity index is 141. The number of hydrogen-bond donors (Lipinski definition) is 1. The van der Waals surface area contributed by atoms with Gasteiger partial charge in [0.05, 0.1) is 11.7 Å². The molecule has 2 nitrogen and oxygen atoms in total. The normalized spacial score (nSPS) is 16.7. The van der Waals surface area contributed by atoms with Crippen LogP contribution in [-0.2, 0) is 4.74 Å². The van der Waals surface area contributed by atoms with Crippen LogP contribution in [0.1, 0.15) is 53.9 Å². The first-order chi connectivity index (χ1) is 6.57. The van der Waals surface area contributed by atoms with Crippen LogP contribution >= 0.6 is 0 Å². The third-order valence-corrected chi connectivity index (χ3v) is 3.35. The quantitative estimate of drug-likeness (QED) is 0.687. The molecule has 86 valence electrons. The molecule has 0 radical (unpaired) electrons. The van der Waals surface area contributed by atoms with E-state index in [1.54, 1.807) is 0 Å². The van der Waals surface area contributed by atoms with E-state index in [2.05, 4.69) is 27.7 Å². The Morgan fingerprint density at radius 2 is 1.64 bits per heavy atom. The average Bonchev–Trinajstić information content (AvgIpc) is 2.24. The molecule has 1 N–H and O–H groups in total. The number of aliphatic hydroxyl groups is 1. The molecule has 0 heterocycles. The second-order valence-electron chi connectivity index (χ2n) is 4.04. The summed E-state index contributed by atoms with van der Waals surface area (Å²) in [4.78, 5) is 0. The van der Waals surface area contributed by atoms with Crippen LogP contribution in [0.15, 0.2) is 0 Å². The number of aliphatic hydroxyl groups excluding tert-OH is 1. The van der Waals surface area contributed by atoms with Crippen LogP contribution in [0, 0.1) is 5.92 Å². The largest absolute Gasteiger partial charge is 0.390 e. The first-order valence-electron chi connectivity index (χ1n) is 5.89. The summed E-state index contributed by atoms with van der Waals surface area (Å²) in [6, 6.07) is 0. The van der Waals surface area contributed by atoms with Crippen molar-refractivity contribution in [2.75, 3.05) is 6.61 Å². The van der Waals surface area contributed by atoms with Gasteiger partial charge in [-0.25, -0.2) is 0 Å². The molecule has 0 aliphatic heterocycles. The summed E-state index contributed by atoms with van der Waals surface area (Å²) in [6.45, 7) is 11.0. The summed E-state index contributed by atoms with van der Waals surface area (Å²) < 4.78 is 5.76. The van der Waals surface area contributed by atoms with Crippen molar-refractivity contribution in [3.05, 3.63) is 0 Å². The van der Waals surface area contributed by atoms with Gasteiger partial charge in [0.2, 0.25) is 0 Å². The molecule has 14 heavy (non-hydrogen) atoms. The highest BCUT2D eigenvalue weighted by Gasteiger charge is 2.37. The van der Waals surface area contributed by atoms with E-state index in [-0.39, 0.29) is 11.7 Å². The lowest BCUT2D eigenvalue weighted by molar-refractivity contribution is -0.142. The van der Waals surface area contributed by atoms with Crippen molar-refractivity contribution in [1.29, 1.82) is 0 Å². The highest BCUT2D eigenvalue weighted by atomic mass is 16.5. The lowest BCUT2D eigenvalue weighted by atomic mass is 9.82. The summed E-state index contributed by atoms with van der Waals surface area (Å²) in [5.74, 6) is 0.307. The fourth-order valence-electron chi connectivity index (χ4n) is 1.99. The fraction of sp³-hybridized carbons (Fsp3) is 1.00. The number of hydrogen-bond acceptors (Lipinski definition) is 2. The van der Waals surface area contributed by atoms with E-state index in [1.807, 2.05) is 6.92 Å². The van der Waals surface area contributed by atoms with Crippen molar-refractivity contribution >= 4 is 0 Å². The smallest absolute Gasteiger partial charge is 0.0937 e. The Balaban J connectivity index is 4.59. The highest BCUT2D eigenvalue weighted by Crippen LogP contribution is 2.30.